The SMILES string of the molecule is CCOc1ccc(CCN2C(=S)N([C@@H](CC(C)C)CN3CCCC3CN3C(=S)NC[C@@H]3Cc3ccc(O)cc3)C[C@@H]2Cc2ccc(O)cc2)cc1. The fourth-order valence-electron chi connectivity index (χ4n) is 8.14. The van der Waals surface area contributed by atoms with Crippen molar-refractivity contribution in [1.82, 2.24) is 24.9 Å². The molecule has 3 aliphatic rings. The van der Waals surface area contributed by atoms with Gasteiger partial charge in [-0.1, -0.05) is 50.2 Å². The summed E-state index contributed by atoms with van der Waals surface area (Å²) < 4.78 is 5.68. The topological polar surface area (TPSA) is 74.7 Å². The number of phenolic OH excluding ortho intramolecular Hbond substituents is 2. The third-order valence-electron chi connectivity index (χ3n) is 10.8. The number of thiocarbonyl (C=S) groups is 2. The molecule has 3 aliphatic heterocycles. The summed E-state index contributed by atoms with van der Waals surface area (Å²) in [6.07, 6.45) is 6.12. The summed E-state index contributed by atoms with van der Waals surface area (Å²) in [6, 6.07) is 25.0. The molecule has 0 amide bonds. The zero-order chi connectivity index (χ0) is 35.9. The fraction of sp³-hybridized carbons (Fsp3) is 0.512. The Bertz CT molecular complexity index is 1590. The van der Waals surface area contributed by atoms with Crippen molar-refractivity contribution in [3.8, 4) is 17.2 Å². The number of hydrogen-bond acceptors (Lipinski definition) is 6. The van der Waals surface area contributed by atoms with Gasteiger partial charge < -0.3 is 35.0 Å². The van der Waals surface area contributed by atoms with E-state index in [1.54, 1.807) is 24.3 Å². The molecule has 0 aromatic heterocycles. The van der Waals surface area contributed by atoms with Crippen LogP contribution in [0.3, 0.4) is 0 Å². The van der Waals surface area contributed by atoms with Gasteiger partial charge in [0.05, 0.1) is 18.7 Å². The van der Waals surface area contributed by atoms with Crippen LogP contribution in [0.4, 0.5) is 0 Å². The Labute approximate surface area is 315 Å². The number of hydrogen-bond donors (Lipinski definition) is 3. The summed E-state index contributed by atoms with van der Waals surface area (Å²) in [7, 11) is 0. The van der Waals surface area contributed by atoms with Crippen LogP contribution in [0.1, 0.15) is 56.7 Å². The van der Waals surface area contributed by atoms with Crippen LogP contribution in [0, 0.1) is 5.92 Å². The van der Waals surface area contributed by atoms with Crippen molar-refractivity contribution in [3.05, 3.63) is 89.5 Å². The van der Waals surface area contributed by atoms with E-state index in [-0.39, 0.29) is 6.04 Å². The van der Waals surface area contributed by atoms with Crippen molar-refractivity contribution in [1.29, 1.82) is 0 Å². The minimum atomic E-state index is 0.252. The van der Waals surface area contributed by atoms with Gasteiger partial charge in [0.15, 0.2) is 10.2 Å². The van der Waals surface area contributed by atoms with E-state index in [0.29, 0.717) is 42.1 Å². The van der Waals surface area contributed by atoms with Crippen LogP contribution in [0.2, 0.25) is 0 Å². The summed E-state index contributed by atoms with van der Waals surface area (Å²) in [5, 5.41) is 25.0. The van der Waals surface area contributed by atoms with Gasteiger partial charge in [-0.3, -0.25) is 4.90 Å². The maximum Gasteiger partial charge on any atom is 0.172 e. The van der Waals surface area contributed by atoms with Gasteiger partial charge in [0, 0.05) is 44.8 Å². The number of aromatic hydroxyl groups is 2. The molecule has 0 aliphatic carbocycles. The Morgan fingerprint density at radius 2 is 1.45 bits per heavy atom. The highest BCUT2D eigenvalue weighted by molar-refractivity contribution is 7.80. The van der Waals surface area contributed by atoms with Gasteiger partial charge in [-0.15, -0.1) is 0 Å². The highest BCUT2D eigenvalue weighted by atomic mass is 32.1. The second kappa shape index (κ2) is 17.3. The standard InChI is InChI=1S/C41H55N5O3S2/c1-4-49-39-17-11-30(12-18-39)19-21-44-36(24-32-9-15-38(48)16-10-32)28-46(41(44)51)35(22-29(2)3)26-43-20-5-6-33(43)27-45-34(25-42-40(45)50)23-31-7-13-37(47)14-8-31/h7-18,29,33-36,47-48H,4-6,19-28H2,1-3H3,(H,42,50)/t33?,34-,35-,36-/m0/s1. The Balaban J connectivity index is 1.16. The molecule has 6 rings (SSSR count). The first-order chi connectivity index (χ1) is 24.7. The molecule has 3 aromatic rings. The lowest BCUT2D eigenvalue weighted by atomic mass is 10.0. The lowest BCUT2D eigenvalue weighted by Crippen LogP contribution is -2.51. The van der Waals surface area contributed by atoms with Gasteiger partial charge in [0.1, 0.15) is 17.2 Å². The first-order valence-corrected chi connectivity index (χ1v) is 19.6. The summed E-state index contributed by atoms with van der Waals surface area (Å²) >= 11 is 12.2. The highest BCUT2D eigenvalue weighted by Crippen LogP contribution is 2.29. The summed E-state index contributed by atoms with van der Waals surface area (Å²) in [5.41, 5.74) is 3.70. The minimum Gasteiger partial charge on any atom is -0.508 e. The summed E-state index contributed by atoms with van der Waals surface area (Å²) in [5.74, 6) is 2.04. The molecule has 3 fully saturated rings. The fourth-order valence-corrected chi connectivity index (χ4v) is 8.91. The van der Waals surface area contributed by atoms with Crippen LogP contribution >= 0.6 is 24.4 Å². The maximum absolute atomic E-state index is 9.95. The molecule has 51 heavy (non-hydrogen) atoms. The first kappa shape index (κ1) is 37.2. The van der Waals surface area contributed by atoms with Crippen LogP contribution in [0.25, 0.3) is 0 Å². The average molecular weight is 730 g/mol. The Morgan fingerprint density at radius 1 is 0.824 bits per heavy atom. The van der Waals surface area contributed by atoms with Crippen LogP contribution in [-0.2, 0) is 19.3 Å². The zero-order valence-corrected chi connectivity index (χ0v) is 32.0. The second-order valence-electron chi connectivity index (χ2n) is 14.9. The molecule has 8 nitrogen and oxygen atoms in total. The summed E-state index contributed by atoms with van der Waals surface area (Å²) in [4.78, 5) is 10.1. The smallest absolute Gasteiger partial charge is 0.172 e. The van der Waals surface area contributed by atoms with E-state index in [0.717, 1.165) is 80.9 Å². The quantitative estimate of drug-likeness (QED) is 0.148. The number of nitrogens with one attached hydrogen (secondary N) is 1. The largest absolute Gasteiger partial charge is 0.508 e. The highest BCUT2D eigenvalue weighted by Gasteiger charge is 2.40. The molecule has 10 heteroatoms. The van der Waals surface area contributed by atoms with E-state index in [4.69, 9.17) is 29.2 Å². The van der Waals surface area contributed by atoms with E-state index < -0.39 is 0 Å². The molecule has 3 saturated heterocycles. The average Bonchev–Trinajstić information content (AvgIpc) is 3.79. The molecule has 0 bridgehead atoms. The van der Waals surface area contributed by atoms with Crippen LogP contribution in [-0.4, -0.2) is 110 Å². The van der Waals surface area contributed by atoms with E-state index in [9.17, 15) is 10.2 Å². The molecule has 274 valence electrons. The molecule has 3 aromatic carbocycles. The lowest BCUT2D eigenvalue weighted by Gasteiger charge is -2.38. The van der Waals surface area contributed by atoms with E-state index in [2.05, 4.69) is 63.0 Å². The van der Waals surface area contributed by atoms with Crippen molar-refractivity contribution < 1.29 is 14.9 Å². The van der Waals surface area contributed by atoms with Crippen LogP contribution in [0.5, 0.6) is 17.2 Å². The monoisotopic (exact) mass is 729 g/mol. The van der Waals surface area contributed by atoms with E-state index >= 15 is 0 Å². The van der Waals surface area contributed by atoms with Crippen molar-refractivity contribution in [2.45, 2.75) is 83.5 Å². The molecular formula is C41H55N5O3S2. The van der Waals surface area contributed by atoms with Gasteiger partial charge in [0.25, 0.3) is 0 Å². The molecule has 3 N–H and O–H groups in total. The molecule has 4 atom stereocenters. The Morgan fingerprint density at radius 3 is 2.08 bits per heavy atom. The number of likely N-dealkylation sites (tertiary alicyclic amines) is 1. The Kier molecular flexibility index (Phi) is 12.6. The molecule has 0 saturated carbocycles. The van der Waals surface area contributed by atoms with Crippen molar-refractivity contribution in [3.63, 3.8) is 0 Å². The maximum atomic E-state index is 9.95. The predicted octanol–water partition coefficient (Wildman–Crippen LogP) is 6.23. The number of phenols is 2. The van der Waals surface area contributed by atoms with E-state index in [1.165, 1.54) is 29.5 Å². The minimum absolute atomic E-state index is 0.252. The third-order valence-corrected chi connectivity index (χ3v) is 11.6. The second-order valence-corrected chi connectivity index (χ2v) is 15.7. The third kappa shape index (κ3) is 9.64. The molecule has 0 spiro atoms. The first-order valence-electron chi connectivity index (χ1n) is 18.8. The number of benzene rings is 3. The van der Waals surface area contributed by atoms with Crippen molar-refractivity contribution in [2.24, 2.45) is 5.92 Å². The lowest BCUT2D eigenvalue weighted by molar-refractivity contribution is 0.149. The molecule has 3 heterocycles. The Hall–Kier alpha value is -3.60. The van der Waals surface area contributed by atoms with Gasteiger partial charge in [-0.05, 0) is 135 Å². The normalized spacial score (nSPS) is 21.6. The zero-order valence-electron chi connectivity index (χ0n) is 30.4. The number of rotatable bonds is 16. The number of ether oxygens (including phenoxy) is 1. The van der Waals surface area contributed by atoms with Gasteiger partial charge in [-0.25, -0.2) is 0 Å². The van der Waals surface area contributed by atoms with Crippen molar-refractivity contribution in [2.75, 3.05) is 45.9 Å². The van der Waals surface area contributed by atoms with Gasteiger partial charge in [0.2, 0.25) is 0 Å². The predicted molar refractivity (Wildman–Crippen MR) is 214 cm³/mol. The van der Waals surface area contributed by atoms with Crippen LogP contribution in [0.15, 0.2) is 72.8 Å². The number of nitrogens with zero attached hydrogens (tertiary/aromatic N) is 4. The molecule has 1 unspecified atom stereocenters. The van der Waals surface area contributed by atoms with Crippen molar-refractivity contribution >= 4 is 34.7 Å². The van der Waals surface area contributed by atoms with Gasteiger partial charge in [-0.2, -0.15) is 0 Å². The summed E-state index contributed by atoms with van der Waals surface area (Å²) in [6.45, 7) is 12.9. The molecule has 0 radical (unpaired) electrons. The molecular weight excluding hydrogens is 675 g/mol. The van der Waals surface area contributed by atoms with E-state index in [1.807, 2.05) is 31.2 Å². The van der Waals surface area contributed by atoms with Crippen LogP contribution < -0.4 is 10.1 Å². The van der Waals surface area contributed by atoms with Gasteiger partial charge >= 0.3 is 0 Å².